The Labute approximate surface area is 115 Å². The summed E-state index contributed by atoms with van der Waals surface area (Å²) in [4.78, 5) is -0.140. The summed E-state index contributed by atoms with van der Waals surface area (Å²) in [6.07, 6.45) is 0. The van der Waals surface area contributed by atoms with Gasteiger partial charge in [0.2, 0.25) is 0 Å². The van der Waals surface area contributed by atoms with Crippen molar-refractivity contribution in [3.63, 3.8) is 0 Å². The Morgan fingerprint density at radius 1 is 1.11 bits per heavy atom. The molecule has 0 aliphatic carbocycles. The van der Waals surface area contributed by atoms with Crippen LogP contribution in [0.1, 0.15) is 0 Å². The summed E-state index contributed by atoms with van der Waals surface area (Å²) in [5.74, 6) is -0.754. The summed E-state index contributed by atoms with van der Waals surface area (Å²) >= 11 is 5.81. The second kappa shape index (κ2) is 5.07. The van der Waals surface area contributed by atoms with Crippen molar-refractivity contribution < 1.29 is 12.8 Å². The second-order valence-corrected chi connectivity index (χ2v) is 5.80. The maximum absolute atomic E-state index is 13.6. The SMILES string of the molecule is Nc1cccc(F)c1NS(=O)(=O)c1ccccc1Cl. The lowest BCUT2D eigenvalue weighted by Crippen LogP contribution is -2.15. The number of hydrogen-bond acceptors (Lipinski definition) is 3. The molecule has 100 valence electrons. The fraction of sp³-hybridized carbons (Fsp3) is 0. The zero-order valence-corrected chi connectivity index (χ0v) is 11.2. The van der Waals surface area contributed by atoms with Gasteiger partial charge in [-0.25, -0.2) is 12.8 Å². The number of anilines is 2. The molecule has 0 heterocycles. The van der Waals surface area contributed by atoms with Crippen molar-refractivity contribution >= 4 is 33.0 Å². The molecule has 0 saturated carbocycles. The number of nitrogen functional groups attached to an aromatic ring is 1. The molecule has 0 aliphatic rings. The van der Waals surface area contributed by atoms with E-state index < -0.39 is 15.8 Å². The van der Waals surface area contributed by atoms with Gasteiger partial charge in [0.1, 0.15) is 16.4 Å². The Balaban J connectivity index is 2.46. The third-order valence-electron chi connectivity index (χ3n) is 2.41. The van der Waals surface area contributed by atoms with E-state index in [-0.39, 0.29) is 21.3 Å². The molecule has 0 radical (unpaired) electrons. The van der Waals surface area contributed by atoms with E-state index in [1.54, 1.807) is 6.07 Å². The van der Waals surface area contributed by atoms with Crippen molar-refractivity contribution in [2.24, 2.45) is 0 Å². The van der Waals surface area contributed by atoms with Crippen LogP contribution in [-0.2, 0) is 10.0 Å². The van der Waals surface area contributed by atoms with Gasteiger partial charge >= 0.3 is 0 Å². The number of para-hydroxylation sites is 1. The number of nitrogens with one attached hydrogen (secondary N) is 1. The first kappa shape index (κ1) is 13.6. The minimum atomic E-state index is -3.99. The highest BCUT2D eigenvalue weighted by Gasteiger charge is 2.20. The lowest BCUT2D eigenvalue weighted by molar-refractivity contribution is 0.598. The van der Waals surface area contributed by atoms with Crippen LogP contribution < -0.4 is 10.5 Å². The largest absolute Gasteiger partial charge is 0.397 e. The van der Waals surface area contributed by atoms with Crippen molar-refractivity contribution in [2.75, 3.05) is 10.5 Å². The molecule has 0 aromatic heterocycles. The van der Waals surface area contributed by atoms with Gasteiger partial charge in [0.25, 0.3) is 10.0 Å². The van der Waals surface area contributed by atoms with Crippen LogP contribution in [0.4, 0.5) is 15.8 Å². The molecule has 2 aromatic rings. The van der Waals surface area contributed by atoms with Gasteiger partial charge in [-0.1, -0.05) is 29.8 Å². The molecule has 19 heavy (non-hydrogen) atoms. The molecule has 0 unspecified atom stereocenters. The second-order valence-electron chi connectivity index (χ2n) is 3.74. The van der Waals surface area contributed by atoms with E-state index in [9.17, 15) is 12.8 Å². The zero-order valence-electron chi connectivity index (χ0n) is 9.60. The van der Waals surface area contributed by atoms with E-state index in [1.807, 2.05) is 0 Å². The standard InChI is InChI=1S/C12H10ClFN2O2S/c13-8-4-1-2-7-11(8)19(17,18)16-12-9(14)5-3-6-10(12)15/h1-7,16H,15H2. The van der Waals surface area contributed by atoms with Crippen LogP contribution in [0.3, 0.4) is 0 Å². The normalized spacial score (nSPS) is 11.3. The van der Waals surface area contributed by atoms with Crippen LogP contribution in [0.5, 0.6) is 0 Å². The van der Waals surface area contributed by atoms with Crippen LogP contribution in [0, 0.1) is 5.82 Å². The van der Waals surface area contributed by atoms with E-state index in [1.165, 1.54) is 30.3 Å². The quantitative estimate of drug-likeness (QED) is 0.856. The Morgan fingerprint density at radius 3 is 2.42 bits per heavy atom. The smallest absolute Gasteiger partial charge is 0.263 e. The number of hydrogen-bond donors (Lipinski definition) is 2. The number of sulfonamides is 1. The van der Waals surface area contributed by atoms with Gasteiger partial charge in [-0.05, 0) is 24.3 Å². The highest BCUT2D eigenvalue weighted by molar-refractivity contribution is 7.92. The van der Waals surface area contributed by atoms with Crippen LogP contribution in [0.2, 0.25) is 5.02 Å². The van der Waals surface area contributed by atoms with Gasteiger partial charge in [-0.3, -0.25) is 4.72 Å². The van der Waals surface area contributed by atoms with Crippen LogP contribution in [0.15, 0.2) is 47.4 Å². The first-order valence-corrected chi connectivity index (χ1v) is 7.09. The fourth-order valence-electron chi connectivity index (χ4n) is 1.50. The Bertz CT molecular complexity index is 699. The Morgan fingerprint density at radius 2 is 1.79 bits per heavy atom. The fourth-order valence-corrected chi connectivity index (χ4v) is 3.12. The summed E-state index contributed by atoms with van der Waals surface area (Å²) in [5, 5.41) is 0.0462. The molecule has 2 aromatic carbocycles. The summed E-state index contributed by atoms with van der Waals surface area (Å²) in [6.45, 7) is 0. The topological polar surface area (TPSA) is 72.2 Å². The third-order valence-corrected chi connectivity index (χ3v) is 4.26. The summed E-state index contributed by atoms with van der Waals surface area (Å²) < 4.78 is 39.9. The van der Waals surface area contributed by atoms with Crippen LogP contribution >= 0.6 is 11.6 Å². The molecular formula is C12H10ClFN2O2S. The number of halogens is 2. The predicted molar refractivity (Wildman–Crippen MR) is 73.1 cm³/mol. The maximum Gasteiger partial charge on any atom is 0.263 e. The first-order chi connectivity index (χ1) is 8.92. The van der Waals surface area contributed by atoms with E-state index in [0.717, 1.165) is 6.07 Å². The van der Waals surface area contributed by atoms with Crippen LogP contribution in [0.25, 0.3) is 0 Å². The maximum atomic E-state index is 13.6. The third kappa shape index (κ3) is 2.80. The molecule has 0 spiro atoms. The molecule has 0 fully saturated rings. The summed E-state index contributed by atoms with van der Waals surface area (Å²) in [6, 6.07) is 9.76. The zero-order chi connectivity index (χ0) is 14.0. The lowest BCUT2D eigenvalue weighted by atomic mass is 10.3. The molecule has 0 atom stereocenters. The molecule has 0 amide bonds. The van der Waals surface area contributed by atoms with E-state index >= 15 is 0 Å². The average molecular weight is 301 g/mol. The number of nitrogens with two attached hydrogens (primary N) is 1. The molecule has 0 saturated heterocycles. The van der Waals surface area contributed by atoms with E-state index in [2.05, 4.69) is 4.72 Å². The van der Waals surface area contributed by atoms with Gasteiger partial charge in [-0.2, -0.15) is 0 Å². The van der Waals surface area contributed by atoms with Crippen molar-refractivity contribution in [3.8, 4) is 0 Å². The van der Waals surface area contributed by atoms with Crippen LogP contribution in [-0.4, -0.2) is 8.42 Å². The number of benzene rings is 2. The minimum Gasteiger partial charge on any atom is -0.397 e. The van der Waals surface area contributed by atoms with Gasteiger partial charge < -0.3 is 5.73 Å². The highest BCUT2D eigenvalue weighted by atomic mass is 35.5. The van der Waals surface area contributed by atoms with Crippen molar-refractivity contribution in [3.05, 3.63) is 53.3 Å². The summed E-state index contributed by atoms with van der Waals surface area (Å²) in [5.41, 5.74) is 5.25. The molecule has 0 bridgehead atoms. The average Bonchev–Trinajstić information content (AvgIpc) is 2.34. The van der Waals surface area contributed by atoms with Gasteiger partial charge in [0, 0.05) is 0 Å². The summed E-state index contributed by atoms with van der Waals surface area (Å²) in [7, 11) is -3.99. The van der Waals surface area contributed by atoms with Gasteiger partial charge in [-0.15, -0.1) is 0 Å². The van der Waals surface area contributed by atoms with Crippen molar-refractivity contribution in [2.45, 2.75) is 4.90 Å². The predicted octanol–water partition coefficient (Wildman–Crippen LogP) is 2.86. The molecular weight excluding hydrogens is 291 g/mol. The molecule has 3 N–H and O–H groups in total. The molecule has 7 heteroatoms. The highest BCUT2D eigenvalue weighted by Crippen LogP contribution is 2.27. The van der Waals surface area contributed by atoms with Crippen molar-refractivity contribution in [1.82, 2.24) is 0 Å². The number of rotatable bonds is 3. The first-order valence-electron chi connectivity index (χ1n) is 5.23. The van der Waals surface area contributed by atoms with E-state index in [4.69, 9.17) is 17.3 Å². The Hall–Kier alpha value is -1.79. The molecule has 4 nitrogen and oxygen atoms in total. The lowest BCUT2D eigenvalue weighted by Gasteiger charge is -2.11. The van der Waals surface area contributed by atoms with Gasteiger partial charge in [0.05, 0.1) is 10.7 Å². The molecule has 2 rings (SSSR count). The minimum absolute atomic E-state index is 0.00405. The van der Waals surface area contributed by atoms with Crippen molar-refractivity contribution in [1.29, 1.82) is 0 Å². The van der Waals surface area contributed by atoms with Gasteiger partial charge in [0.15, 0.2) is 0 Å². The Kier molecular flexibility index (Phi) is 3.64. The molecule has 0 aliphatic heterocycles. The monoisotopic (exact) mass is 300 g/mol. The van der Waals surface area contributed by atoms with E-state index in [0.29, 0.717) is 0 Å².